The first-order chi connectivity index (χ1) is 4.43. The standard InChI is InChI=1S/C5H10N4/c6-9-4-8-5-1-2-7-3-5/h4,7H,1-3,6H2/b8-5+,9-4-. The van der Waals surface area contributed by atoms with Gasteiger partial charge in [-0.25, -0.2) is 4.99 Å². The molecule has 1 fully saturated rings. The maximum atomic E-state index is 4.85. The molecule has 0 radical (unpaired) electrons. The highest BCUT2D eigenvalue weighted by Gasteiger charge is 2.04. The Balaban J connectivity index is 2.39. The molecule has 0 spiro atoms. The molecule has 0 aromatic rings. The molecule has 1 aliphatic heterocycles. The average molecular weight is 126 g/mol. The molecule has 0 unspecified atom stereocenters. The molecule has 0 aromatic heterocycles. The van der Waals surface area contributed by atoms with E-state index in [0.717, 1.165) is 25.2 Å². The molecular weight excluding hydrogens is 116 g/mol. The first-order valence-corrected chi connectivity index (χ1v) is 2.91. The quantitative estimate of drug-likeness (QED) is 0.212. The van der Waals surface area contributed by atoms with Gasteiger partial charge in [0.05, 0.1) is 0 Å². The highest BCUT2D eigenvalue weighted by molar-refractivity contribution is 5.93. The van der Waals surface area contributed by atoms with E-state index in [2.05, 4.69) is 15.4 Å². The molecule has 9 heavy (non-hydrogen) atoms. The second kappa shape index (κ2) is 3.19. The van der Waals surface area contributed by atoms with Crippen molar-refractivity contribution in [1.29, 1.82) is 0 Å². The van der Waals surface area contributed by atoms with Crippen LogP contribution in [0.1, 0.15) is 6.42 Å². The molecule has 0 atom stereocenters. The van der Waals surface area contributed by atoms with Crippen LogP contribution in [0.5, 0.6) is 0 Å². The number of aliphatic imine (C=N–C) groups is 1. The Morgan fingerprint density at radius 1 is 1.67 bits per heavy atom. The van der Waals surface area contributed by atoms with Crippen molar-refractivity contribution in [1.82, 2.24) is 5.32 Å². The van der Waals surface area contributed by atoms with E-state index in [-0.39, 0.29) is 0 Å². The summed E-state index contributed by atoms with van der Waals surface area (Å²) in [6, 6.07) is 0. The Morgan fingerprint density at radius 2 is 2.56 bits per heavy atom. The molecular formula is C5H10N4. The minimum Gasteiger partial charge on any atom is -0.322 e. The van der Waals surface area contributed by atoms with Crippen LogP contribution >= 0.6 is 0 Å². The minimum absolute atomic E-state index is 0.881. The van der Waals surface area contributed by atoms with Crippen LogP contribution in [0.2, 0.25) is 0 Å². The predicted octanol–water partition coefficient (Wildman–Crippen LogP) is -0.677. The van der Waals surface area contributed by atoms with E-state index in [1.165, 1.54) is 6.34 Å². The zero-order valence-corrected chi connectivity index (χ0v) is 5.17. The highest BCUT2D eigenvalue weighted by Crippen LogP contribution is 1.90. The smallest absolute Gasteiger partial charge is 0.134 e. The summed E-state index contributed by atoms with van der Waals surface area (Å²) in [5, 5.41) is 6.41. The largest absolute Gasteiger partial charge is 0.322 e. The summed E-state index contributed by atoms with van der Waals surface area (Å²) in [6.07, 6.45) is 2.40. The van der Waals surface area contributed by atoms with Crippen molar-refractivity contribution in [3.63, 3.8) is 0 Å². The van der Waals surface area contributed by atoms with Crippen LogP contribution in [0.25, 0.3) is 0 Å². The molecule has 0 saturated carbocycles. The van der Waals surface area contributed by atoms with E-state index in [1.807, 2.05) is 0 Å². The number of hydrogen-bond donors (Lipinski definition) is 2. The molecule has 3 N–H and O–H groups in total. The third-order valence-corrected chi connectivity index (χ3v) is 1.23. The Morgan fingerprint density at radius 3 is 3.11 bits per heavy atom. The molecule has 1 saturated heterocycles. The maximum Gasteiger partial charge on any atom is 0.134 e. The van der Waals surface area contributed by atoms with Gasteiger partial charge in [-0.2, -0.15) is 5.10 Å². The van der Waals surface area contributed by atoms with Crippen molar-refractivity contribution in [3.05, 3.63) is 0 Å². The van der Waals surface area contributed by atoms with Gasteiger partial charge >= 0.3 is 0 Å². The third kappa shape index (κ3) is 1.81. The Hall–Kier alpha value is -0.900. The number of nitrogens with zero attached hydrogens (tertiary/aromatic N) is 2. The lowest BCUT2D eigenvalue weighted by Gasteiger charge is -1.85. The topological polar surface area (TPSA) is 62.8 Å². The summed E-state index contributed by atoms with van der Waals surface area (Å²) < 4.78 is 0. The first kappa shape index (κ1) is 6.22. The molecule has 0 aliphatic carbocycles. The Bertz CT molecular complexity index is 130. The van der Waals surface area contributed by atoms with Gasteiger partial charge in [0.15, 0.2) is 0 Å². The molecule has 0 amide bonds. The van der Waals surface area contributed by atoms with Crippen molar-refractivity contribution >= 4 is 12.1 Å². The zero-order chi connectivity index (χ0) is 6.53. The molecule has 0 bridgehead atoms. The lowest BCUT2D eigenvalue weighted by atomic mass is 10.3. The number of nitrogens with two attached hydrogens (primary N) is 1. The molecule has 4 heteroatoms. The van der Waals surface area contributed by atoms with Crippen molar-refractivity contribution < 1.29 is 0 Å². The van der Waals surface area contributed by atoms with Gasteiger partial charge < -0.3 is 11.2 Å². The number of nitrogens with one attached hydrogen (secondary N) is 1. The number of hydrazone groups is 1. The van der Waals surface area contributed by atoms with Gasteiger partial charge in [-0.05, 0) is 6.42 Å². The molecule has 1 heterocycles. The van der Waals surface area contributed by atoms with E-state index in [0.29, 0.717) is 0 Å². The Kier molecular flexibility index (Phi) is 2.21. The molecule has 50 valence electrons. The van der Waals surface area contributed by atoms with E-state index in [9.17, 15) is 0 Å². The molecule has 4 nitrogen and oxygen atoms in total. The summed E-state index contributed by atoms with van der Waals surface area (Å²) in [7, 11) is 0. The van der Waals surface area contributed by atoms with Crippen molar-refractivity contribution in [2.75, 3.05) is 13.1 Å². The van der Waals surface area contributed by atoms with Crippen LogP contribution < -0.4 is 11.2 Å². The van der Waals surface area contributed by atoms with Crippen molar-refractivity contribution in [3.8, 4) is 0 Å². The second-order valence-corrected chi connectivity index (χ2v) is 1.89. The van der Waals surface area contributed by atoms with Gasteiger partial charge in [-0.15, -0.1) is 0 Å². The van der Waals surface area contributed by atoms with Gasteiger partial charge in [0.1, 0.15) is 6.34 Å². The van der Waals surface area contributed by atoms with Gasteiger partial charge in [-0.1, -0.05) is 0 Å². The average Bonchev–Trinajstić information content (AvgIpc) is 2.34. The lowest BCUT2D eigenvalue weighted by molar-refractivity contribution is 0.863. The minimum atomic E-state index is 0.881. The second-order valence-electron chi connectivity index (χ2n) is 1.89. The molecule has 0 aromatic carbocycles. The number of hydrogen-bond acceptors (Lipinski definition) is 3. The summed E-state index contributed by atoms with van der Waals surface area (Å²) in [4.78, 5) is 3.98. The van der Waals surface area contributed by atoms with Crippen molar-refractivity contribution in [2.24, 2.45) is 15.9 Å². The fourth-order valence-corrected chi connectivity index (χ4v) is 0.779. The third-order valence-electron chi connectivity index (χ3n) is 1.23. The monoisotopic (exact) mass is 126 g/mol. The fraction of sp³-hybridized carbons (Fsp3) is 0.600. The van der Waals surface area contributed by atoms with Crippen LogP contribution in [0, 0.1) is 0 Å². The maximum absolute atomic E-state index is 4.85. The summed E-state index contributed by atoms with van der Waals surface area (Å²) >= 11 is 0. The lowest BCUT2D eigenvalue weighted by Crippen LogP contribution is -2.08. The van der Waals surface area contributed by atoms with Gasteiger partial charge in [0, 0.05) is 18.8 Å². The van der Waals surface area contributed by atoms with E-state index < -0.39 is 0 Å². The van der Waals surface area contributed by atoms with E-state index in [1.54, 1.807) is 0 Å². The van der Waals surface area contributed by atoms with Gasteiger partial charge in [0.2, 0.25) is 0 Å². The van der Waals surface area contributed by atoms with E-state index in [4.69, 9.17) is 5.84 Å². The number of rotatable bonds is 1. The molecule has 1 aliphatic rings. The summed E-state index contributed by atoms with van der Waals surface area (Å²) in [5.41, 5.74) is 1.13. The van der Waals surface area contributed by atoms with Crippen LogP contribution in [0.15, 0.2) is 10.1 Å². The SMILES string of the molecule is N/N=C\N=C1/CCNC1. The van der Waals surface area contributed by atoms with Crippen LogP contribution in [0.3, 0.4) is 0 Å². The zero-order valence-electron chi connectivity index (χ0n) is 5.17. The van der Waals surface area contributed by atoms with Gasteiger partial charge in [-0.3, -0.25) is 0 Å². The van der Waals surface area contributed by atoms with Gasteiger partial charge in [0.25, 0.3) is 0 Å². The predicted molar refractivity (Wildman–Crippen MR) is 37.6 cm³/mol. The Labute approximate surface area is 53.8 Å². The van der Waals surface area contributed by atoms with Crippen molar-refractivity contribution in [2.45, 2.75) is 6.42 Å². The van der Waals surface area contributed by atoms with E-state index >= 15 is 0 Å². The fourth-order valence-electron chi connectivity index (χ4n) is 0.779. The normalized spacial score (nSPS) is 24.2. The molecule has 1 rings (SSSR count). The highest BCUT2D eigenvalue weighted by atomic mass is 15.1. The summed E-state index contributed by atoms with van der Waals surface area (Å²) in [6.45, 7) is 1.91. The van der Waals surface area contributed by atoms with Crippen LogP contribution in [-0.4, -0.2) is 25.1 Å². The van der Waals surface area contributed by atoms with Crippen LogP contribution in [-0.2, 0) is 0 Å². The first-order valence-electron chi connectivity index (χ1n) is 2.91. The summed E-state index contributed by atoms with van der Waals surface area (Å²) in [5.74, 6) is 4.85. The van der Waals surface area contributed by atoms with Crippen LogP contribution in [0.4, 0.5) is 0 Å².